The molecule has 0 aliphatic heterocycles. The predicted octanol–water partition coefficient (Wildman–Crippen LogP) is 13.3. The highest BCUT2D eigenvalue weighted by molar-refractivity contribution is 7.25. The fourth-order valence-electron chi connectivity index (χ4n) is 9.38. The Bertz CT molecular complexity index is 3140. The number of rotatable bonds is 3. The van der Waals surface area contributed by atoms with Crippen LogP contribution < -0.4 is 0 Å². The van der Waals surface area contributed by atoms with Crippen LogP contribution >= 0.6 is 11.3 Å². The molecule has 12 rings (SSSR count). The van der Waals surface area contributed by atoms with Crippen molar-refractivity contribution in [3.63, 3.8) is 0 Å². The molecule has 4 heteroatoms. The number of benzene rings is 8. The maximum atomic E-state index is 5.21. The SMILES string of the molecule is c1ccc(-c2nc(-c3ccccc3)nc(-c3ccc4c(c3)C3(c5ccccc5-c5ccccc5-4)c4ccccc4-c4cc5sc6ccccc6c5cc43)n2)cc1. The second kappa shape index (κ2) is 12.0. The molecule has 0 bridgehead atoms. The van der Waals surface area contributed by atoms with Crippen molar-refractivity contribution in [1.29, 1.82) is 0 Å². The summed E-state index contributed by atoms with van der Waals surface area (Å²) in [6.07, 6.45) is 0. The van der Waals surface area contributed by atoms with E-state index in [-0.39, 0.29) is 0 Å². The topological polar surface area (TPSA) is 38.7 Å². The van der Waals surface area contributed by atoms with Crippen LogP contribution in [0.3, 0.4) is 0 Å². The van der Waals surface area contributed by atoms with Gasteiger partial charge < -0.3 is 0 Å². The molecule has 0 saturated carbocycles. The maximum absolute atomic E-state index is 5.21. The fourth-order valence-corrected chi connectivity index (χ4v) is 10.5. The van der Waals surface area contributed by atoms with Gasteiger partial charge in [-0.15, -0.1) is 11.3 Å². The third-order valence-electron chi connectivity index (χ3n) is 11.8. The van der Waals surface area contributed by atoms with Gasteiger partial charge in [0.25, 0.3) is 0 Å². The van der Waals surface area contributed by atoms with E-state index in [1.165, 1.54) is 75.8 Å². The Morgan fingerprint density at radius 3 is 1.43 bits per heavy atom. The van der Waals surface area contributed by atoms with Crippen molar-refractivity contribution in [3.8, 4) is 67.5 Å². The minimum Gasteiger partial charge on any atom is -0.208 e. The molecule has 2 aliphatic carbocycles. The average molecular weight is 730 g/mol. The molecule has 3 nitrogen and oxygen atoms in total. The van der Waals surface area contributed by atoms with E-state index >= 15 is 0 Å². The molecule has 2 aromatic heterocycles. The van der Waals surface area contributed by atoms with E-state index in [1.807, 2.05) is 47.7 Å². The number of hydrogen-bond donors (Lipinski definition) is 0. The highest BCUT2D eigenvalue weighted by Crippen LogP contribution is 2.62. The third kappa shape index (κ3) is 4.42. The molecular formula is C52H31N3S. The molecule has 2 aliphatic rings. The van der Waals surface area contributed by atoms with E-state index in [0.717, 1.165) is 16.7 Å². The molecule has 0 fully saturated rings. The molecule has 0 N–H and O–H groups in total. The zero-order valence-electron chi connectivity index (χ0n) is 30.1. The van der Waals surface area contributed by atoms with Crippen molar-refractivity contribution < 1.29 is 0 Å². The largest absolute Gasteiger partial charge is 0.208 e. The van der Waals surface area contributed by atoms with Gasteiger partial charge in [-0.25, -0.2) is 15.0 Å². The molecule has 1 atom stereocenters. The Kier molecular flexibility index (Phi) is 6.72. The first-order valence-electron chi connectivity index (χ1n) is 19.0. The second-order valence-electron chi connectivity index (χ2n) is 14.7. The lowest BCUT2D eigenvalue weighted by Gasteiger charge is -2.35. The van der Waals surface area contributed by atoms with Crippen LogP contribution in [0.25, 0.3) is 87.7 Å². The molecule has 8 aromatic carbocycles. The smallest absolute Gasteiger partial charge is 0.164 e. The highest BCUT2D eigenvalue weighted by atomic mass is 32.1. The van der Waals surface area contributed by atoms with Crippen LogP contribution in [-0.4, -0.2) is 15.0 Å². The summed E-state index contributed by atoms with van der Waals surface area (Å²) in [5.41, 5.74) is 14.8. The number of thiophene rings is 1. The lowest BCUT2D eigenvalue weighted by atomic mass is 9.65. The van der Waals surface area contributed by atoms with Crippen LogP contribution in [0.15, 0.2) is 188 Å². The van der Waals surface area contributed by atoms with Gasteiger partial charge in [0.1, 0.15) is 0 Å². The maximum Gasteiger partial charge on any atom is 0.164 e. The number of nitrogens with zero attached hydrogens (tertiary/aromatic N) is 3. The Labute approximate surface area is 328 Å². The van der Waals surface area contributed by atoms with Crippen LogP contribution in [-0.2, 0) is 5.41 Å². The highest BCUT2D eigenvalue weighted by Gasteiger charge is 2.50. The van der Waals surface area contributed by atoms with Crippen LogP contribution in [0.2, 0.25) is 0 Å². The van der Waals surface area contributed by atoms with Crippen LogP contribution in [0.1, 0.15) is 22.3 Å². The first-order valence-corrected chi connectivity index (χ1v) is 19.8. The average Bonchev–Trinajstić information content (AvgIpc) is 3.75. The van der Waals surface area contributed by atoms with E-state index in [1.54, 1.807) is 0 Å². The normalized spacial score (nSPS) is 14.9. The monoisotopic (exact) mass is 729 g/mol. The van der Waals surface area contributed by atoms with Gasteiger partial charge >= 0.3 is 0 Å². The quantitative estimate of drug-likeness (QED) is 0.182. The summed E-state index contributed by atoms with van der Waals surface area (Å²) in [7, 11) is 0. The Morgan fingerprint density at radius 1 is 0.304 bits per heavy atom. The van der Waals surface area contributed by atoms with Crippen molar-refractivity contribution in [1.82, 2.24) is 15.0 Å². The molecule has 0 amide bonds. The van der Waals surface area contributed by atoms with Crippen molar-refractivity contribution in [2.24, 2.45) is 0 Å². The van der Waals surface area contributed by atoms with Crippen LogP contribution in [0.5, 0.6) is 0 Å². The molecule has 10 aromatic rings. The zero-order valence-corrected chi connectivity index (χ0v) is 31.0. The van der Waals surface area contributed by atoms with Crippen molar-refractivity contribution in [3.05, 3.63) is 210 Å². The predicted molar refractivity (Wildman–Crippen MR) is 231 cm³/mol. The van der Waals surface area contributed by atoms with E-state index in [9.17, 15) is 0 Å². The standard InChI is InChI=1S/C52H31N3S/c1-3-15-32(16-4-1)49-53-50(33-17-5-2-6-18-33)55-51(54-49)34-27-28-39-36-20-8-7-19-35(36)37-21-9-12-24-43(37)52(45(39)29-34)44-25-13-10-22-38(44)41-31-48-42(30-46(41)52)40-23-11-14-26-47(40)56-48/h1-31H. The Morgan fingerprint density at radius 2 is 0.786 bits per heavy atom. The molecule has 0 radical (unpaired) electrons. The molecule has 0 saturated heterocycles. The first-order chi connectivity index (χ1) is 27.8. The summed E-state index contributed by atoms with van der Waals surface area (Å²) < 4.78 is 2.62. The van der Waals surface area contributed by atoms with Gasteiger partial charge in [-0.2, -0.15) is 0 Å². The fraction of sp³-hybridized carbons (Fsp3) is 0.0192. The van der Waals surface area contributed by atoms with Gasteiger partial charge in [0.15, 0.2) is 17.5 Å². The molecule has 1 spiro atoms. The minimum absolute atomic E-state index is 0.637. The first kappa shape index (κ1) is 31.4. The zero-order chi connectivity index (χ0) is 36.8. The summed E-state index contributed by atoms with van der Waals surface area (Å²) in [5, 5.41) is 2.60. The van der Waals surface area contributed by atoms with E-state index in [4.69, 9.17) is 15.0 Å². The van der Waals surface area contributed by atoms with E-state index in [0.29, 0.717) is 17.5 Å². The van der Waals surface area contributed by atoms with Crippen molar-refractivity contribution >= 4 is 31.5 Å². The lowest BCUT2D eigenvalue weighted by molar-refractivity contribution is 0.776. The number of fused-ring (bicyclic) bond motifs is 15. The van der Waals surface area contributed by atoms with Gasteiger partial charge in [0.2, 0.25) is 0 Å². The van der Waals surface area contributed by atoms with Crippen LogP contribution in [0.4, 0.5) is 0 Å². The van der Waals surface area contributed by atoms with Crippen molar-refractivity contribution in [2.75, 3.05) is 0 Å². The van der Waals surface area contributed by atoms with Gasteiger partial charge in [0.05, 0.1) is 5.41 Å². The summed E-state index contributed by atoms with van der Waals surface area (Å²) in [6, 6.07) is 68.2. The summed E-state index contributed by atoms with van der Waals surface area (Å²) in [5.74, 6) is 1.95. The molecule has 1 unspecified atom stereocenters. The van der Waals surface area contributed by atoms with Crippen molar-refractivity contribution in [2.45, 2.75) is 5.41 Å². The third-order valence-corrected chi connectivity index (χ3v) is 12.9. The Hall–Kier alpha value is -7.01. The molecule has 260 valence electrons. The number of aromatic nitrogens is 3. The minimum atomic E-state index is -0.637. The molecular weight excluding hydrogens is 699 g/mol. The van der Waals surface area contributed by atoms with E-state index < -0.39 is 5.41 Å². The van der Waals surface area contributed by atoms with Gasteiger partial charge in [-0.3, -0.25) is 0 Å². The summed E-state index contributed by atoms with van der Waals surface area (Å²) >= 11 is 1.88. The Balaban J connectivity index is 1.22. The molecule has 56 heavy (non-hydrogen) atoms. The lowest BCUT2D eigenvalue weighted by Crippen LogP contribution is -2.29. The van der Waals surface area contributed by atoms with Gasteiger partial charge in [0, 0.05) is 36.9 Å². The molecule has 2 heterocycles. The number of hydrogen-bond acceptors (Lipinski definition) is 4. The summed E-state index contributed by atoms with van der Waals surface area (Å²) in [4.78, 5) is 15.4. The van der Waals surface area contributed by atoms with Gasteiger partial charge in [-0.1, -0.05) is 164 Å². The second-order valence-corrected chi connectivity index (χ2v) is 15.8. The van der Waals surface area contributed by atoms with Crippen LogP contribution in [0, 0.1) is 0 Å². The van der Waals surface area contributed by atoms with E-state index in [2.05, 4.69) is 152 Å². The summed E-state index contributed by atoms with van der Waals surface area (Å²) in [6.45, 7) is 0. The van der Waals surface area contributed by atoms with Gasteiger partial charge in [-0.05, 0) is 79.9 Å².